The van der Waals surface area contributed by atoms with Crippen LogP contribution in [0.25, 0.3) is 0 Å². The van der Waals surface area contributed by atoms with E-state index >= 15 is 0 Å². The molecule has 1 N–H and O–H groups in total. The van der Waals surface area contributed by atoms with Crippen LogP contribution in [0.3, 0.4) is 0 Å². The topological polar surface area (TPSA) is 56.7 Å². The molecule has 0 aliphatic carbocycles. The number of rotatable bonds is 5. The van der Waals surface area contributed by atoms with Crippen LogP contribution in [0.5, 0.6) is 0 Å². The van der Waals surface area contributed by atoms with Crippen LogP contribution in [-0.4, -0.2) is 41.5 Å². The molecule has 1 atom stereocenters. The highest BCUT2D eigenvalue weighted by Gasteiger charge is 2.48. The first-order valence-electron chi connectivity index (χ1n) is 7.75. The minimum atomic E-state index is -1.31. The molecule has 5 heteroatoms. The van der Waals surface area contributed by atoms with Crippen LogP contribution in [0.2, 0.25) is 0 Å². The van der Waals surface area contributed by atoms with Gasteiger partial charge in [-0.25, -0.2) is 0 Å². The van der Waals surface area contributed by atoms with Crippen LogP contribution in [0.4, 0.5) is 5.69 Å². The van der Waals surface area contributed by atoms with Gasteiger partial charge in [-0.1, -0.05) is 18.2 Å². The maximum absolute atomic E-state index is 12.8. The Morgan fingerprint density at radius 1 is 1.17 bits per heavy atom. The van der Waals surface area contributed by atoms with Crippen molar-refractivity contribution < 1.29 is 9.90 Å². The van der Waals surface area contributed by atoms with Gasteiger partial charge in [0.05, 0.1) is 5.69 Å². The Bertz CT molecular complexity index is 702. The van der Waals surface area contributed by atoms with Crippen LogP contribution in [0.15, 0.2) is 48.8 Å². The fourth-order valence-corrected chi connectivity index (χ4v) is 3.14. The second-order valence-corrected chi connectivity index (χ2v) is 6.11. The van der Waals surface area contributed by atoms with Gasteiger partial charge in [0.15, 0.2) is 5.72 Å². The van der Waals surface area contributed by atoms with E-state index in [0.29, 0.717) is 23.2 Å². The summed E-state index contributed by atoms with van der Waals surface area (Å²) in [6.07, 6.45) is 4.53. The maximum Gasteiger partial charge on any atom is 0.261 e. The first-order valence-corrected chi connectivity index (χ1v) is 7.75. The van der Waals surface area contributed by atoms with Crippen LogP contribution in [-0.2, 0) is 5.72 Å². The van der Waals surface area contributed by atoms with Crippen molar-refractivity contribution in [3.05, 3.63) is 59.9 Å². The number of fused-ring (bicyclic) bond motifs is 1. The number of aromatic nitrogens is 1. The summed E-state index contributed by atoms with van der Waals surface area (Å²) in [6.45, 7) is 0.850. The summed E-state index contributed by atoms with van der Waals surface area (Å²) in [6, 6.07) is 10.8. The van der Waals surface area contributed by atoms with Gasteiger partial charge in [-0.15, -0.1) is 0 Å². The Kier molecular flexibility index (Phi) is 4.15. The van der Waals surface area contributed by atoms with Gasteiger partial charge in [0.2, 0.25) is 0 Å². The van der Waals surface area contributed by atoms with E-state index in [2.05, 4.69) is 9.88 Å². The van der Waals surface area contributed by atoms with Crippen molar-refractivity contribution in [1.82, 2.24) is 9.88 Å². The molecular formula is C18H21N3O2. The van der Waals surface area contributed by atoms with Gasteiger partial charge < -0.3 is 10.0 Å². The molecule has 0 saturated carbocycles. The third-order valence-corrected chi connectivity index (χ3v) is 4.21. The number of carbonyl (C=O) groups excluding carboxylic acids is 1. The normalized spacial score (nSPS) is 20.2. The van der Waals surface area contributed by atoms with Crippen LogP contribution in [0, 0.1) is 0 Å². The Morgan fingerprint density at radius 3 is 2.57 bits per heavy atom. The van der Waals surface area contributed by atoms with Crippen molar-refractivity contribution in [2.75, 3.05) is 25.5 Å². The van der Waals surface area contributed by atoms with Crippen LogP contribution in [0.1, 0.15) is 28.8 Å². The van der Waals surface area contributed by atoms with Crippen molar-refractivity contribution in [3.63, 3.8) is 0 Å². The van der Waals surface area contributed by atoms with E-state index in [1.165, 1.54) is 4.90 Å². The largest absolute Gasteiger partial charge is 0.366 e. The predicted octanol–water partition coefficient (Wildman–Crippen LogP) is 2.23. The van der Waals surface area contributed by atoms with E-state index in [0.717, 1.165) is 13.0 Å². The first-order chi connectivity index (χ1) is 11.0. The fourth-order valence-electron chi connectivity index (χ4n) is 3.14. The van der Waals surface area contributed by atoms with Crippen molar-refractivity contribution in [2.45, 2.75) is 18.6 Å². The van der Waals surface area contributed by atoms with E-state index in [1.807, 2.05) is 32.3 Å². The maximum atomic E-state index is 12.8. The van der Waals surface area contributed by atoms with E-state index < -0.39 is 5.72 Å². The molecule has 1 aromatic heterocycles. The molecule has 3 rings (SSSR count). The van der Waals surface area contributed by atoms with Gasteiger partial charge in [-0.3, -0.25) is 14.7 Å². The lowest BCUT2D eigenvalue weighted by Gasteiger charge is -2.34. The third kappa shape index (κ3) is 2.73. The second-order valence-electron chi connectivity index (χ2n) is 6.11. The van der Waals surface area contributed by atoms with E-state index in [-0.39, 0.29) is 5.91 Å². The van der Waals surface area contributed by atoms with E-state index in [4.69, 9.17) is 0 Å². The van der Waals surface area contributed by atoms with Crippen molar-refractivity contribution in [3.8, 4) is 0 Å². The zero-order chi connectivity index (χ0) is 16.4. The number of hydrogen-bond acceptors (Lipinski definition) is 4. The molecule has 1 aromatic carbocycles. The Balaban J connectivity index is 2.02. The predicted molar refractivity (Wildman–Crippen MR) is 89.2 cm³/mol. The van der Waals surface area contributed by atoms with Gasteiger partial charge in [0.25, 0.3) is 5.91 Å². The van der Waals surface area contributed by atoms with Gasteiger partial charge in [0.1, 0.15) is 0 Å². The van der Waals surface area contributed by atoms with Crippen molar-refractivity contribution >= 4 is 11.6 Å². The summed E-state index contributed by atoms with van der Waals surface area (Å²) in [5, 5.41) is 11.4. The average molecular weight is 311 g/mol. The number of carbonyl (C=O) groups is 1. The smallest absolute Gasteiger partial charge is 0.261 e. The summed E-state index contributed by atoms with van der Waals surface area (Å²) in [5.74, 6) is -0.167. The summed E-state index contributed by atoms with van der Waals surface area (Å²) >= 11 is 0. The molecule has 1 amide bonds. The molecule has 0 spiro atoms. The molecule has 2 heterocycles. The van der Waals surface area contributed by atoms with Gasteiger partial charge in [-0.2, -0.15) is 0 Å². The molecule has 0 fully saturated rings. The number of benzene rings is 1. The lowest BCUT2D eigenvalue weighted by molar-refractivity contribution is 0.0282. The minimum absolute atomic E-state index is 0.167. The molecule has 5 nitrogen and oxygen atoms in total. The summed E-state index contributed by atoms with van der Waals surface area (Å²) in [7, 11) is 4.00. The minimum Gasteiger partial charge on any atom is -0.366 e. The third-order valence-electron chi connectivity index (χ3n) is 4.21. The molecule has 23 heavy (non-hydrogen) atoms. The molecule has 0 bridgehead atoms. The van der Waals surface area contributed by atoms with Crippen LogP contribution < -0.4 is 4.90 Å². The first kappa shape index (κ1) is 15.6. The number of aliphatic hydroxyl groups is 1. The molecule has 0 radical (unpaired) electrons. The second kappa shape index (κ2) is 6.10. The Hall–Kier alpha value is -2.24. The number of pyridine rings is 1. The highest BCUT2D eigenvalue weighted by atomic mass is 16.3. The van der Waals surface area contributed by atoms with Crippen molar-refractivity contribution in [1.29, 1.82) is 0 Å². The average Bonchev–Trinajstić information content (AvgIpc) is 2.77. The molecule has 120 valence electrons. The number of amides is 1. The summed E-state index contributed by atoms with van der Waals surface area (Å²) in [4.78, 5) is 20.4. The SMILES string of the molecule is CN(C)CCCC1(O)c2ccccc2C(=O)N1c1ccncc1. The van der Waals surface area contributed by atoms with Crippen molar-refractivity contribution in [2.24, 2.45) is 0 Å². The Morgan fingerprint density at radius 2 is 1.87 bits per heavy atom. The molecule has 1 unspecified atom stereocenters. The van der Waals surface area contributed by atoms with E-state index in [9.17, 15) is 9.90 Å². The monoisotopic (exact) mass is 311 g/mol. The number of hydrogen-bond donors (Lipinski definition) is 1. The Labute approximate surface area is 136 Å². The zero-order valence-electron chi connectivity index (χ0n) is 13.4. The number of nitrogens with zero attached hydrogens (tertiary/aromatic N) is 3. The zero-order valence-corrected chi connectivity index (χ0v) is 13.4. The highest BCUT2D eigenvalue weighted by molar-refractivity contribution is 6.11. The van der Waals surface area contributed by atoms with Crippen LogP contribution >= 0.6 is 0 Å². The lowest BCUT2D eigenvalue weighted by atomic mass is 9.96. The molecule has 2 aromatic rings. The summed E-state index contributed by atoms with van der Waals surface area (Å²) < 4.78 is 0. The van der Waals surface area contributed by atoms with E-state index in [1.54, 1.807) is 30.6 Å². The van der Waals surface area contributed by atoms with Gasteiger partial charge in [-0.05, 0) is 45.3 Å². The van der Waals surface area contributed by atoms with Gasteiger partial charge >= 0.3 is 0 Å². The molecular weight excluding hydrogens is 290 g/mol. The number of anilines is 1. The lowest BCUT2D eigenvalue weighted by Crippen LogP contribution is -2.44. The molecule has 1 aliphatic rings. The highest BCUT2D eigenvalue weighted by Crippen LogP contribution is 2.43. The molecule has 1 aliphatic heterocycles. The standard InChI is InChI=1S/C18H21N3O2/c1-20(2)13-5-10-18(23)16-7-4-3-6-15(16)17(22)21(18)14-8-11-19-12-9-14/h3-4,6-9,11-12,23H,5,10,13H2,1-2H3. The summed E-state index contributed by atoms with van der Waals surface area (Å²) in [5.41, 5.74) is 0.594. The molecule has 0 saturated heterocycles. The fraction of sp³-hybridized carbons (Fsp3) is 0.333. The van der Waals surface area contributed by atoms with Gasteiger partial charge in [0, 0.05) is 29.9 Å². The quantitative estimate of drug-likeness (QED) is 0.920.